The molecule has 3 N–H and O–H groups in total. The number of halogens is 3. The summed E-state index contributed by atoms with van der Waals surface area (Å²) in [6.45, 7) is 1.80. The molecule has 1 heterocycles. The van der Waals surface area contributed by atoms with Gasteiger partial charge in [0.25, 0.3) is 0 Å². The number of alkyl halides is 3. The van der Waals surface area contributed by atoms with E-state index in [9.17, 15) is 13.2 Å². The second kappa shape index (κ2) is 4.68. The molecule has 100 valence electrons. The van der Waals surface area contributed by atoms with Crippen LogP contribution in [0, 0.1) is 0 Å². The molecule has 6 heteroatoms. The molecule has 1 unspecified atom stereocenters. The molecule has 0 bridgehead atoms. The van der Waals surface area contributed by atoms with Crippen LogP contribution in [0.1, 0.15) is 12.0 Å². The Morgan fingerprint density at radius 1 is 1.39 bits per heavy atom. The zero-order valence-corrected chi connectivity index (χ0v) is 10.1. The third kappa shape index (κ3) is 2.87. The molecular weight excluding hydrogens is 243 g/mol. The first kappa shape index (κ1) is 13.0. The van der Waals surface area contributed by atoms with Crippen molar-refractivity contribution in [2.45, 2.75) is 18.6 Å². The monoisotopic (exact) mass is 259 g/mol. The van der Waals surface area contributed by atoms with Crippen molar-refractivity contribution in [3.63, 3.8) is 0 Å². The van der Waals surface area contributed by atoms with Gasteiger partial charge in [-0.3, -0.25) is 0 Å². The summed E-state index contributed by atoms with van der Waals surface area (Å²) in [5.41, 5.74) is 4.80. The van der Waals surface area contributed by atoms with Gasteiger partial charge in [-0.15, -0.1) is 0 Å². The number of nitrogens with two attached hydrogens (primary N) is 1. The third-order valence-electron chi connectivity index (χ3n) is 3.12. The predicted molar refractivity (Wildman–Crippen MR) is 65.4 cm³/mol. The Morgan fingerprint density at radius 2 is 2.11 bits per heavy atom. The van der Waals surface area contributed by atoms with Crippen molar-refractivity contribution in [1.29, 1.82) is 0 Å². The van der Waals surface area contributed by atoms with Crippen LogP contribution >= 0.6 is 0 Å². The van der Waals surface area contributed by atoms with Crippen LogP contribution in [0.15, 0.2) is 18.2 Å². The van der Waals surface area contributed by atoms with Crippen LogP contribution in [0.2, 0.25) is 0 Å². The zero-order chi connectivity index (χ0) is 13.3. The molecule has 0 aromatic heterocycles. The fourth-order valence-corrected chi connectivity index (χ4v) is 2.18. The van der Waals surface area contributed by atoms with Gasteiger partial charge in [-0.05, 0) is 38.2 Å². The van der Waals surface area contributed by atoms with Crippen LogP contribution in [0.4, 0.5) is 24.5 Å². The van der Waals surface area contributed by atoms with Crippen molar-refractivity contribution in [3.05, 3.63) is 23.8 Å². The Kier molecular flexibility index (Phi) is 3.38. The molecule has 1 fully saturated rings. The van der Waals surface area contributed by atoms with E-state index in [1.807, 2.05) is 7.05 Å². The first-order valence-electron chi connectivity index (χ1n) is 5.78. The summed E-state index contributed by atoms with van der Waals surface area (Å²) in [5.74, 6) is 0. The fourth-order valence-electron chi connectivity index (χ4n) is 2.18. The molecule has 2 rings (SSSR count). The minimum Gasteiger partial charge on any atom is -0.398 e. The lowest BCUT2D eigenvalue weighted by Crippen LogP contribution is -2.23. The summed E-state index contributed by atoms with van der Waals surface area (Å²) in [6.07, 6.45) is -3.48. The number of nitrogens with one attached hydrogen (secondary N) is 1. The standard InChI is InChI=1S/C12H16F3N3/c1-18-5-4-9(7-18)17-8-2-3-11(16)10(6-8)12(13,14)15/h2-3,6,9,17H,4-5,7,16H2,1H3. The van der Waals surface area contributed by atoms with Gasteiger partial charge >= 0.3 is 6.18 Å². The maximum Gasteiger partial charge on any atom is 0.418 e. The van der Waals surface area contributed by atoms with Crippen molar-refractivity contribution in [1.82, 2.24) is 4.90 Å². The summed E-state index contributed by atoms with van der Waals surface area (Å²) in [5, 5.41) is 3.11. The van der Waals surface area contributed by atoms with E-state index in [-0.39, 0.29) is 11.7 Å². The fraction of sp³-hybridized carbons (Fsp3) is 0.500. The highest BCUT2D eigenvalue weighted by Crippen LogP contribution is 2.35. The molecule has 1 aliphatic rings. The van der Waals surface area contributed by atoms with Crippen LogP contribution in [0.25, 0.3) is 0 Å². The van der Waals surface area contributed by atoms with Gasteiger partial charge in [-0.25, -0.2) is 0 Å². The second-order valence-electron chi connectivity index (χ2n) is 4.69. The molecule has 1 saturated heterocycles. The van der Waals surface area contributed by atoms with E-state index < -0.39 is 11.7 Å². The lowest BCUT2D eigenvalue weighted by molar-refractivity contribution is -0.136. The predicted octanol–water partition coefficient (Wildman–Crippen LogP) is 2.40. The summed E-state index contributed by atoms with van der Waals surface area (Å²) in [6, 6.07) is 4.15. The van der Waals surface area contributed by atoms with Crippen LogP contribution < -0.4 is 11.1 Å². The lowest BCUT2D eigenvalue weighted by atomic mass is 10.1. The summed E-state index contributed by atoms with van der Waals surface area (Å²) < 4.78 is 38.1. The van der Waals surface area contributed by atoms with E-state index in [0.717, 1.165) is 25.6 Å². The Bertz CT molecular complexity index is 431. The number of rotatable bonds is 2. The average Bonchev–Trinajstić information content (AvgIpc) is 2.65. The van der Waals surface area contributed by atoms with Gasteiger partial charge in [0, 0.05) is 24.0 Å². The number of nitrogens with zero attached hydrogens (tertiary/aromatic N) is 1. The molecular formula is C12H16F3N3. The van der Waals surface area contributed by atoms with Crippen LogP contribution in [0.5, 0.6) is 0 Å². The summed E-state index contributed by atoms with van der Waals surface area (Å²) >= 11 is 0. The molecule has 1 aromatic carbocycles. The minimum atomic E-state index is -4.41. The lowest BCUT2D eigenvalue weighted by Gasteiger charge is -2.17. The van der Waals surface area contributed by atoms with Crippen molar-refractivity contribution < 1.29 is 13.2 Å². The minimum absolute atomic E-state index is 0.194. The van der Waals surface area contributed by atoms with E-state index in [0.29, 0.717) is 5.69 Å². The number of anilines is 2. The molecule has 0 spiro atoms. The molecule has 1 atom stereocenters. The van der Waals surface area contributed by atoms with E-state index in [1.54, 1.807) is 6.07 Å². The summed E-state index contributed by atoms with van der Waals surface area (Å²) in [4.78, 5) is 2.14. The highest BCUT2D eigenvalue weighted by molar-refractivity contribution is 5.58. The smallest absolute Gasteiger partial charge is 0.398 e. The topological polar surface area (TPSA) is 41.3 Å². The van der Waals surface area contributed by atoms with Gasteiger partial charge in [-0.1, -0.05) is 0 Å². The van der Waals surface area contributed by atoms with Crippen LogP contribution in [-0.2, 0) is 6.18 Å². The van der Waals surface area contributed by atoms with Gasteiger partial charge in [0.1, 0.15) is 0 Å². The summed E-state index contributed by atoms with van der Waals surface area (Å²) in [7, 11) is 1.99. The zero-order valence-electron chi connectivity index (χ0n) is 10.1. The van der Waals surface area contributed by atoms with Crippen LogP contribution in [-0.4, -0.2) is 31.1 Å². The Morgan fingerprint density at radius 3 is 2.67 bits per heavy atom. The first-order chi connectivity index (χ1) is 8.36. The largest absolute Gasteiger partial charge is 0.418 e. The molecule has 3 nitrogen and oxygen atoms in total. The maximum atomic E-state index is 12.7. The van der Waals surface area contributed by atoms with Gasteiger partial charge in [-0.2, -0.15) is 13.2 Å². The maximum absolute atomic E-state index is 12.7. The molecule has 0 radical (unpaired) electrons. The van der Waals surface area contributed by atoms with Gasteiger partial charge in [0.05, 0.1) is 5.56 Å². The molecule has 18 heavy (non-hydrogen) atoms. The van der Waals surface area contributed by atoms with E-state index in [4.69, 9.17) is 5.73 Å². The van der Waals surface area contributed by atoms with Gasteiger partial charge < -0.3 is 16.0 Å². The highest BCUT2D eigenvalue weighted by Gasteiger charge is 2.33. The number of likely N-dealkylation sites (tertiary alicyclic amines) is 1. The SMILES string of the molecule is CN1CCC(Nc2ccc(N)c(C(F)(F)F)c2)C1. The quantitative estimate of drug-likeness (QED) is 0.801. The molecule has 1 aromatic rings. The van der Waals surface area contributed by atoms with Crippen molar-refractivity contribution >= 4 is 11.4 Å². The van der Waals surface area contributed by atoms with E-state index >= 15 is 0 Å². The average molecular weight is 259 g/mol. The normalized spacial score (nSPS) is 21.2. The van der Waals surface area contributed by atoms with Crippen molar-refractivity contribution in [2.75, 3.05) is 31.2 Å². The Balaban J connectivity index is 2.15. The Labute approximate surface area is 104 Å². The number of hydrogen-bond acceptors (Lipinski definition) is 3. The van der Waals surface area contributed by atoms with Crippen LogP contribution in [0.3, 0.4) is 0 Å². The van der Waals surface area contributed by atoms with Crippen molar-refractivity contribution in [2.24, 2.45) is 0 Å². The Hall–Kier alpha value is -1.43. The second-order valence-corrected chi connectivity index (χ2v) is 4.69. The van der Waals surface area contributed by atoms with E-state index in [1.165, 1.54) is 6.07 Å². The first-order valence-corrected chi connectivity index (χ1v) is 5.78. The van der Waals surface area contributed by atoms with Gasteiger partial charge in [0.2, 0.25) is 0 Å². The number of hydrogen-bond donors (Lipinski definition) is 2. The number of likely N-dealkylation sites (N-methyl/N-ethyl adjacent to an activating group) is 1. The molecule has 0 amide bonds. The molecule has 1 aliphatic heterocycles. The third-order valence-corrected chi connectivity index (χ3v) is 3.12. The number of nitrogen functional groups attached to an aromatic ring is 1. The number of benzene rings is 1. The van der Waals surface area contributed by atoms with E-state index in [2.05, 4.69) is 10.2 Å². The van der Waals surface area contributed by atoms with Gasteiger partial charge in [0.15, 0.2) is 0 Å². The molecule has 0 saturated carbocycles. The highest BCUT2D eigenvalue weighted by atomic mass is 19.4. The molecule has 0 aliphatic carbocycles. The van der Waals surface area contributed by atoms with Crippen molar-refractivity contribution in [3.8, 4) is 0 Å².